The molecular formula is C27H30F3N5O3. The Balaban J connectivity index is 1.38. The standard InChI is InChI=1S/C27H30F3N5O3/c1-14-7-17(36)12-35(11-14)22-9-20(19(28)10-31-22)32-16-5-6-21-18(8-16)23-24(26(37)34(21)2)38-13-27(29,30)25(33-23)15-3-4-15/h5-6,8-10,14-15,17,25,33,36H,3-4,7,11-13H2,1-2H3,(H,31,32)/t14-,17+,25?/m0/s1. The van der Waals surface area contributed by atoms with Gasteiger partial charge in [0, 0.05) is 37.3 Å². The normalized spacial score (nSPS) is 24.8. The molecule has 0 amide bonds. The molecule has 1 saturated heterocycles. The summed E-state index contributed by atoms with van der Waals surface area (Å²) in [6, 6.07) is 5.54. The lowest BCUT2D eigenvalue weighted by Gasteiger charge is -2.35. The summed E-state index contributed by atoms with van der Waals surface area (Å²) >= 11 is 0. The Morgan fingerprint density at radius 1 is 1.24 bits per heavy atom. The highest BCUT2D eigenvalue weighted by molar-refractivity contribution is 5.97. The molecule has 0 spiro atoms. The topological polar surface area (TPSA) is 91.7 Å². The highest BCUT2D eigenvalue weighted by Crippen LogP contribution is 2.45. The smallest absolute Gasteiger partial charge is 0.301 e. The third-order valence-corrected chi connectivity index (χ3v) is 7.69. The summed E-state index contributed by atoms with van der Waals surface area (Å²) in [5.41, 5.74) is 0.942. The van der Waals surface area contributed by atoms with Gasteiger partial charge in [0.2, 0.25) is 5.75 Å². The average molecular weight is 530 g/mol. The highest BCUT2D eigenvalue weighted by atomic mass is 19.3. The Kier molecular flexibility index (Phi) is 5.93. The Hall–Kier alpha value is -3.47. The van der Waals surface area contributed by atoms with Gasteiger partial charge in [-0.3, -0.25) is 4.79 Å². The summed E-state index contributed by atoms with van der Waals surface area (Å²) in [4.78, 5) is 19.1. The minimum atomic E-state index is -3.14. The number of aromatic nitrogens is 2. The van der Waals surface area contributed by atoms with Gasteiger partial charge in [-0.05, 0) is 49.3 Å². The summed E-state index contributed by atoms with van der Waals surface area (Å²) in [5.74, 6) is -3.22. The molecule has 1 saturated carbocycles. The van der Waals surface area contributed by atoms with Gasteiger partial charge in [-0.2, -0.15) is 0 Å². The van der Waals surface area contributed by atoms with Crippen molar-refractivity contribution in [1.29, 1.82) is 0 Å². The second kappa shape index (κ2) is 9.07. The number of hydrogen-bond donors (Lipinski definition) is 3. The summed E-state index contributed by atoms with van der Waals surface area (Å²) in [6.07, 6.45) is 2.74. The van der Waals surface area contributed by atoms with Gasteiger partial charge in [0.15, 0.2) is 12.4 Å². The van der Waals surface area contributed by atoms with E-state index >= 15 is 0 Å². The molecule has 0 bridgehead atoms. The van der Waals surface area contributed by atoms with Gasteiger partial charge in [0.05, 0.1) is 35.2 Å². The van der Waals surface area contributed by atoms with Crippen LogP contribution in [0, 0.1) is 17.7 Å². The fourth-order valence-corrected chi connectivity index (χ4v) is 5.64. The largest absolute Gasteiger partial charge is 0.480 e. The fraction of sp³-hybridized carbons (Fsp3) is 0.481. The van der Waals surface area contributed by atoms with Gasteiger partial charge < -0.3 is 29.9 Å². The van der Waals surface area contributed by atoms with Crippen LogP contribution in [0.1, 0.15) is 26.2 Å². The van der Waals surface area contributed by atoms with Crippen molar-refractivity contribution in [1.82, 2.24) is 9.55 Å². The second-order valence-corrected chi connectivity index (χ2v) is 10.9. The van der Waals surface area contributed by atoms with E-state index < -0.39 is 36.1 Å². The number of ether oxygens (including phenoxy) is 1. The van der Waals surface area contributed by atoms with Crippen LogP contribution in [-0.4, -0.2) is 52.4 Å². The van der Waals surface area contributed by atoms with Crippen molar-refractivity contribution in [3.05, 3.63) is 46.6 Å². The summed E-state index contributed by atoms with van der Waals surface area (Å²) in [6.45, 7) is 2.28. The lowest BCUT2D eigenvalue weighted by molar-refractivity contribution is -0.0579. The molecule has 6 rings (SSSR count). The molecule has 2 aromatic heterocycles. The molecule has 1 aliphatic carbocycles. The number of hydrogen-bond acceptors (Lipinski definition) is 7. The number of anilines is 4. The molecule has 3 aliphatic rings. The highest BCUT2D eigenvalue weighted by Gasteiger charge is 2.51. The van der Waals surface area contributed by atoms with Gasteiger partial charge in [-0.1, -0.05) is 6.92 Å². The van der Waals surface area contributed by atoms with E-state index in [0.29, 0.717) is 54.8 Å². The van der Waals surface area contributed by atoms with Crippen LogP contribution in [0.3, 0.4) is 0 Å². The summed E-state index contributed by atoms with van der Waals surface area (Å²) in [7, 11) is 1.56. The molecule has 38 heavy (non-hydrogen) atoms. The molecule has 2 aliphatic heterocycles. The van der Waals surface area contributed by atoms with Crippen LogP contribution in [0.15, 0.2) is 35.3 Å². The van der Waals surface area contributed by atoms with Crippen molar-refractivity contribution in [2.24, 2.45) is 18.9 Å². The van der Waals surface area contributed by atoms with E-state index in [4.69, 9.17) is 4.74 Å². The summed E-state index contributed by atoms with van der Waals surface area (Å²) in [5, 5.41) is 16.7. The van der Waals surface area contributed by atoms with Gasteiger partial charge in [0.1, 0.15) is 5.82 Å². The number of aryl methyl sites for hydroxylation is 1. The van der Waals surface area contributed by atoms with Crippen LogP contribution in [0.25, 0.3) is 10.9 Å². The first-order chi connectivity index (χ1) is 18.1. The predicted octanol–water partition coefficient (Wildman–Crippen LogP) is 4.24. The lowest BCUT2D eigenvalue weighted by atomic mass is 9.98. The lowest BCUT2D eigenvalue weighted by Crippen LogP contribution is -2.44. The minimum absolute atomic E-state index is 0.143. The van der Waals surface area contributed by atoms with Gasteiger partial charge in [0.25, 0.3) is 5.56 Å². The number of rotatable bonds is 4. The van der Waals surface area contributed by atoms with Crippen LogP contribution in [-0.2, 0) is 7.05 Å². The maximum Gasteiger partial charge on any atom is 0.301 e. The zero-order valence-corrected chi connectivity index (χ0v) is 21.2. The van der Waals surface area contributed by atoms with Crippen LogP contribution in [0.5, 0.6) is 5.75 Å². The Morgan fingerprint density at radius 2 is 2.03 bits per heavy atom. The van der Waals surface area contributed by atoms with E-state index in [1.54, 1.807) is 31.3 Å². The quantitative estimate of drug-likeness (QED) is 0.466. The number of pyridine rings is 2. The molecular weight excluding hydrogens is 499 g/mol. The van der Waals surface area contributed by atoms with E-state index in [1.165, 1.54) is 4.57 Å². The number of aliphatic hydroxyl groups is 1. The molecule has 202 valence electrons. The first-order valence-electron chi connectivity index (χ1n) is 12.9. The number of fused-ring (bicyclic) bond motifs is 3. The maximum atomic E-state index is 14.9. The monoisotopic (exact) mass is 529 g/mol. The molecule has 1 unspecified atom stereocenters. The van der Waals surface area contributed by atoms with Gasteiger partial charge in [-0.25, -0.2) is 18.2 Å². The van der Waals surface area contributed by atoms with Crippen molar-refractivity contribution in [2.75, 3.05) is 35.2 Å². The third kappa shape index (κ3) is 4.42. The summed E-state index contributed by atoms with van der Waals surface area (Å²) < 4.78 is 51.4. The number of halogens is 3. The number of β-amino-alcohol motifs (C(OH)–C–C–N with tert-alkyl or cyclic N) is 1. The maximum absolute atomic E-state index is 14.9. The fourth-order valence-electron chi connectivity index (χ4n) is 5.64. The van der Waals surface area contributed by atoms with Crippen molar-refractivity contribution in [2.45, 2.75) is 44.3 Å². The molecule has 8 nitrogen and oxygen atoms in total. The van der Waals surface area contributed by atoms with Crippen LogP contribution < -0.4 is 25.8 Å². The zero-order chi connectivity index (χ0) is 26.8. The first-order valence-corrected chi connectivity index (χ1v) is 12.9. The third-order valence-electron chi connectivity index (χ3n) is 7.69. The van der Waals surface area contributed by atoms with Crippen molar-refractivity contribution < 1.29 is 23.0 Å². The SMILES string of the molecule is C[C@H]1C[C@@H](O)CN(c2cc(Nc3ccc4c(c3)c3c(c(=O)n4C)OCC(F)(F)C(C4CC4)N3)c(F)cn2)C1. The van der Waals surface area contributed by atoms with Crippen molar-refractivity contribution in [3.8, 4) is 5.75 Å². The van der Waals surface area contributed by atoms with Crippen LogP contribution in [0.2, 0.25) is 0 Å². The number of aliphatic hydroxyl groups excluding tert-OH is 1. The van der Waals surface area contributed by atoms with Crippen molar-refractivity contribution >= 4 is 33.8 Å². The Bertz CT molecular complexity index is 1450. The molecule has 0 radical (unpaired) electrons. The number of benzene rings is 1. The van der Waals surface area contributed by atoms with Gasteiger partial charge >= 0.3 is 5.92 Å². The molecule has 11 heteroatoms. The van der Waals surface area contributed by atoms with E-state index in [1.807, 2.05) is 11.8 Å². The molecule has 1 aromatic carbocycles. The van der Waals surface area contributed by atoms with E-state index in [2.05, 4.69) is 15.6 Å². The second-order valence-electron chi connectivity index (χ2n) is 10.9. The average Bonchev–Trinajstić information content (AvgIpc) is 3.71. The van der Waals surface area contributed by atoms with Crippen molar-refractivity contribution in [3.63, 3.8) is 0 Å². The number of alkyl halides is 2. The van der Waals surface area contributed by atoms with E-state index in [9.17, 15) is 23.1 Å². The van der Waals surface area contributed by atoms with Gasteiger partial charge in [-0.15, -0.1) is 0 Å². The number of piperidine rings is 1. The number of nitrogens with zero attached hydrogens (tertiary/aromatic N) is 3. The molecule has 2 fully saturated rings. The minimum Gasteiger partial charge on any atom is -0.480 e. The molecule has 4 heterocycles. The van der Waals surface area contributed by atoms with E-state index in [-0.39, 0.29) is 29.0 Å². The molecule has 3 N–H and O–H groups in total. The molecule has 3 atom stereocenters. The number of nitrogens with one attached hydrogen (secondary N) is 2. The van der Waals surface area contributed by atoms with E-state index in [0.717, 1.165) is 6.20 Å². The van der Waals surface area contributed by atoms with Crippen LogP contribution >= 0.6 is 0 Å². The predicted molar refractivity (Wildman–Crippen MR) is 139 cm³/mol. The zero-order valence-electron chi connectivity index (χ0n) is 21.2. The first kappa shape index (κ1) is 24.8. The van der Waals surface area contributed by atoms with Crippen LogP contribution in [0.4, 0.5) is 36.1 Å². The Morgan fingerprint density at radius 3 is 2.76 bits per heavy atom. The molecule has 3 aromatic rings. The Labute approximate surface area is 217 Å².